The summed E-state index contributed by atoms with van der Waals surface area (Å²) in [6.45, 7) is 6.72. The van der Waals surface area contributed by atoms with E-state index in [4.69, 9.17) is 9.72 Å². The summed E-state index contributed by atoms with van der Waals surface area (Å²) in [6, 6.07) is 6.69. The van der Waals surface area contributed by atoms with Gasteiger partial charge in [-0.1, -0.05) is 0 Å². The molecule has 12 heteroatoms. The highest BCUT2D eigenvalue weighted by atomic mass is 19.4. The fourth-order valence-corrected chi connectivity index (χ4v) is 7.57. The fraction of sp³-hybridized carbons (Fsp3) is 0.581. The number of fused-ring (bicyclic) bond motifs is 1. The zero-order valence-electron chi connectivity index (χ0n) is 24.8. The SMILES string of the molecule is CCNc1cc(C2(C3=NNCN3C)CC3(COC3)C2)cc(N2Cc3c(cc(CNC4(C)CCC4)cc3C(F)(F)F)C2=O)n1. The van der Waals surface area contributed by atoms with Crippen LogP contribution in [0.2, 0.25) is 0 Å². The molecule has 3 aliphatic heterocycles. The Balaban J connectivity index is 1.26. The number of nitrogens with zero attached hydrogens (tertiary/aromatic N) is 4. The fourth-order valence-electron chi connectivity index (χ4n) is 7.57. The van der Waals surface area contributed by atoms with E-state index in [1.807, 2.05) is 26.1 Å². The maximum absolute atomic E-state index is 14.4. The molecule has 9 nitrogen and oxygen atoms in total. The first-order chi connectivity index (χ1) is 20.4. The van der Waals surface area contributed by atoms with Crippen LogP contribution in [0.4, 0.5) is 24.8 Å². The number of halogens is 3. The second-order valence-electron chi connectivity index (χ2n) is 13.3. The van der Waals surface area contributed by atoms with Gasteiger partial charge in [0.05, 0.1) is 30.7 Å². The van der Waals surface area contributed by atoms with Gasteiger partial charge < -0.3 is 20.3 Å². The molecule has 3 N–H and O–H groups in total. The zero-order chi connectivity index (χ0) is 30.2. The highest BCUT2D eigenvalue weighted by molar-refractivity contribution is 6.10. The standard InChI is InChI=1S/C31H38F3N7O2/c1-4-35-24-10-20(30(27-39-37-18-40(27)3)14-29(15-30)16-43-17-29)11-25(38-24)41-13-22-21(26(41)42)8-19(9-23(22)31(32,33)34)12-36-28(2)6-5-7-28/h8-11,36-37H,4-7,12-18H2,1-3H3,(H,35,38). The lowest BCUT2D eigenvalue weighted by Crippen LogP contribution is -2.64. The molecule has 7 rings (SSSR count). The molecule has 1 amide bonds. The number of nitrogens with one attached hydrogen (secondary N) is 3. The quantitative estimate of drug-likeness (QED) is 0.410. The number of rotatable bonds is 8. The third-order valence-electron chi connectivity index (χ3n) is 10.0. The Morgan fingerprint density at radius 3 is 2.49 bits per heavy atom. The predicted molar refractivity (Wildman–Crippen MR) is 157 cm³/mol. The number of aromatic nitrogens is 1. The average molecular weight is 598 g/mol. The summed E-state index contributed by atoms with van der Waals surface area (Å²) in [6.07, 6.45) is 0.158. The Bertz CT molecular complexity index is 1490. The molecule has 2 aliphatic carbocycles. The Hall–Kier alpha value is -3.38. The number of benzene rings is 1. The second kappa shape index (κ2) is 9.82. The highest BCUT2D eigenvalue weighted by Crippen LogP contribution is 2.61. The summed E-state index contributed by atoms with van der Waals surface area (Å²) >= 11 is 0. The molecule has 230 valence electrons. The molecule has 0 atom stereocenters. The van der Waals surface area contributed by atoms with Crippen molar-refractivity contribution in [2.75, 3.05) is 43.7 Å². The zero-order valence-corrected chi connectivity index (χ0v) is 24.8. The van der Waals surface area contributed by atoms with Gasteiger partial charge >= 0.3 is 6.18 Å². The van der Waals surface area contributed by atoms with E-state index in [9.17, 15) is 18.0 Å². The maximum atomic E-state index is 14.4. The van der Waals surface area contributed by atoms with Crippen LogP contribution in [0.15, 0.2) is 29.4 Å². The van der Waals surface area contributed by atoms with Crippen LogP contribution in [0.25, 0.3) is 0 Å². The average Bonchev–Trinajstić information content (AvgIpc) is 3.47. The molecule has 4 heterocycles. The molecule has 1 aromatic heterocycles. The maximum Gasteiger partial charge on any atom is 0.416 e. The van der Waals surface area contributed by atoms with Crippen molar-refractivity contribution in [3.63, 3.8) is 0 Å². The van der Waals surface area contributed by atoms with Gasteiger partial charge in [-0.15, -0.1) is 0 Å². The molecular formula is C31H38F3N7O2. The van der Waals surface area contributed by atoms with Gasteiger partial charge in [-0.05, 0) is 86.9 Å². The van der Waals surface area contributed by atoms with Gasteiger partial charge in [0.25, 0.3) is 5.91 Å². The van der Waals surface area contributed by atoms with Gasteiger partial charge in [-0.3, -0.25) is 15.1 Å². The lowest BCUT2D eigenvalue weighted by Gasteiger charge is -2.60. The number of hydrogen-bond donors (Lipinski definition) is 3. The molecular weight excluding hydrogens is 559 g/mol. The Morgan fingerprint density at radius 1 is 1.14 bits per heavy atom. The Kier molecular flexibility index (Phi) is 6.48. The normalized spacial score (nSPS) is 22.8. The van der Waals surface area contributed by atoms with Crippen molar-refractivity contribution in [3.05, 3.63) is 52.1 Å². The minimum Gasteiger partial charge on any atom is -0.380 e. The van der Waals surface area contributed by atoms with Crippen molar-refractivity contribution in [3.8, 4) is 0 Å². The number of hydrogen-bond acceptors (Lipinski definition) is 8. The summed E-state index contributed by atoms with van der Waals surface area (Å²) in [5.74, 6) is 1.36. The van der Waals surface area contributed by atoms with E-state index >= 15 is 0 Å². The summed E-state index contributed by atoms with van der Waals surface area (Å²) < 4.78 is 48.7. The lowest BCUT2D eigenvalue weighted by molar-refractivity contribution is -0.176. The van der Waals surface area contributed by atoms with Crippen LogP contribution in [0.5, 0.6) is 0 Å². The topological polar surface area (TPSA) is 94.1 Å². The van der Waals surface area contributed by atoms with E-state index in [1.165, 1.54) is 11.0 Å². The number of amides is 1. The van der Waals surface area contributed by atoms with Crippen molar-refractivity contribution in [2.24, 2.45) is 10.5 Å². The number of pyridine rings is 1. The molecule has 2 aromatic rings. The predicted octanol–water partition coefficient (Wildman–Crippen LogP) is 4.58. The molecule has 1 aromatic carbocycles. The van der Waals surface area contributed by atoms with Gasteiger partial charge in [-0.25, -0.2) is 4.98 Å². The third-order valence-corrected chi connectivity index (χ3v) is 10.0. The first kappa shape index (κ1) is 28.4. The number of alkyl halides is 3. The van der Waals surface area contributed by atoms with Crippen molar-refractivity contribution < 1.29 is 22.7 Å². The number of anilines is 2. The second-order valence-corrected chi connectivity index (χ2v) is 13.3. The number of hydrazone groups is 1. The minimum absolute atomic E-state index is 0.00124. The van der Waals surface area contributed by atoms with Crippen LogP contribution < -0.4 is 21.0 Å². The number of ether oxygens (including phenoxy) is 1. The highest BCUT2D eigenvalue weighted by Gasteiger charge is 2.63. The van der Waals surface area contributed by atoms with E-state index < -0.39 is 23.1 Å². The van der Waals surface area contributed by atoms with Crippen LogP contribution in [0.1, 0.15) is 78.6 Å². The first-order valence-corrected chi connectivity index (χ1v) is 15.1. The van der Waals surface area contributed by atoms with Crippen LogP contribution in [-0.4, -0.2) is 60.6 Å². The Morgan fingerprint density at radius 2 is 1.91 bits per heavy atom. The number of amidine groups is 1. The van der Waals surface area contributed by atoms with E-state index in [1.54, 1.807) is 6.07 Å². The Labute approximate surface area is 249 Å². The third kappa shape index (κ3) is 4.64. The van der Waals surface area contributed by atoms with Crippen LogP contribution in [0.3, 0.4) is 0 Å². The van der Waals surface area contributed by atoms with Crippen LogP contribution in [-0.2, 0) is 29.4 Å². The van der Waals surface area contributed by atoms with Crippen molar-refractivity contribution in [1.29, 1.82) is 0 Å². The smallest absolute Gasteiger partial charge is 0.380 e. The molecule has 0 unspecified atom stereocenters. The molecule has 3 fully saturated rings. The van der Waals surface area contributed by atoms with Crippen LogP contribution in [0, 0.1) is 5.41 Å². The number of carbonyl (C=O) groups is 1. The number of likely N-dealkylation sites (N-methyl/N-ethyl adjacent to an activating group) is 1. The van der Waals surface area contributed by atoms with Gasteiger partial charge in [0.15, 0.2) is 0 Å². The van der Waals surface area contributed by atoms with Crippen molar-refractivity contribution in [1.82, 2.24) is 20.6 Å². The first-order valence-electron chi connectivity index (χ1n) is 15.1. The van der Waals surface area contributed by atoms with Gasteiger partial charge in [0, 0.05) is 36.7 Å². The molecule has 1 saturated heterocycles. The monoisotopic (exact) mass is 597 g/mol. The molecule has 5 aliphatic rings. The van der Waals surface area contributed by atoms with E-state index in [0.717, 1.165) is 43.5 Å². The van der Waals surface area contributed by atoms with Gasteiger partial charge in [-0.2, -0.15) is 18.3 Å². The molecule has 43 heavy (non-hydrogen) atoms. The van der Waals surface area contributed by atoms with E-state index in [-0.39, 0.29) is 35.2 Å². The number of carbonyl (C=O) groups excluding carboxylic acids is 1. The van der Waals surface area contributed by atoms with Gasteiger partial charge in [0.1, 0.15) is 24.1 Å². The van der Waals surface area contributed by atoms with Crippen molar-refractivity contribution in [2.45, 2.75) is 76.2 Å². The minimum atomic E-state index is -4.59. The lowest BCUT2D eigenvalue weighted by atomic mass is 9.49. The summed E-state index contributed by atoms with van der Waals surface area (Å²) in [4.78, 5) is 22.1. The largest absolute Gasteiger partial charge is 0.416 e. The summed E-state index contributed by atoms with van der Waals surface area (Å²) in [5.41, 5.74) is 3.42. The van der Waals surface area contributed by atoms with E-state index in [2.05, 4.69) is 33.0 Å². The summed E-state index contributed by atoms with van der Waals surface area (Å²) in [7, 11) is 1.99. The van der Waals surface area contributed by atoms with E-state index in [0.29, 0.717) is 43.6 Å². The summed E-state index contributed by atoms with van der Waals surface area (Å²) in [5, 5.41) is 11.3. The van der Waals surface area contributed by atoms with Crippen molar-refractivity contribution >= 4 is 23.4 Å². The molecule has 0 radical (unpaired) electrons. The van der Waals surface area contributed by atoms with Gasteiger partial charge in [0.2, 0.25) is 0 Å². The molecule has 0 bridgehead atoms. The molecule has 2 saturated carbocycles. The van der Waals surface area contributed by atoms with Crippen LogP contribution >= 0.6 is 0 Å². The molecule has 1 spiro atoms.